The average molecular weight is 403 g/mol. The van der Waals surface area contributed by atoms with Crippen molar-refractivity contribution in [3.63, 3.8) is 0 Å². The van der Waals surface area contributed by atoms with Crippen molar-refractivity contribution in [1.29, 1.82) is 0 Å². The van der Waals surface area contributed by atoms with Crippen LogP contribution >= 0.6 is 0 Å². The molecule has 2 aromatic carbocycles. The number of sulfonamides is 1. The second-order valence-corrected chi connectivity index (χ2v) is 9.31. The van der Waals surface area contributed by atoms with Gasteiger partial charge in [-0.2, -0.15) is 4.98 Å². The van der Waals surface area contributed by atoms with Crippen molar-refractivity contribution in [2.75, 3.05) is 0 Å². The molecular formula is C20H22FN3O3S. The summed E-state index contributed by atoms with van der Waals surface area (Å²) in [4.78, 5) is 4.39. The van der Waals surface area contributed by atoms with Gasteiger partial charge in [0.25, 0.3) is 5.89 Å². The van der Waals surface area contributed by atoms with Crippen molar-refractivity contribution in [3.8, 4) is 11.5 Å². The lowest BCUT2D eigenvalue weighted by Gasteiger charge is -2.20. The molecule has 1 N–H and O–H groups in total. The van der Waals surface area contributed by atoms with Crippen molar-refractivity contribution in [2.45, 2.75) is 44.6 Å². The molecule has 28 heavy (non-hydrogen) atoms. The molecule has 0 saturated heterocycles. The van der Waals surface area contributed by atoms with Gasteiger partial charge in [-0.25, -0.2) is 17.5 Å². The highest BCUT2D eigenvalue weighted by molar-refractivity contribution is 7.89. The van der Waals surface area contributed by atoms with Crippen LogP contribution in [-0.4, -0.2) is 24.1 Å². The van der Waals surface area contributed by atoms with Crippen LogP contribution in [0.5, 0.6) is 0 Å². The second-order valence-electron chi connectivity index (χ2n) is 7.62. The topological polar surface area (TPSA) is 85.1 Å². The van der Waals surface area contributed by atoms with E-state index < -0.39 is 15.6 Å². The molecule has 0 saturated carbocycles. The van der Waals surface area contributed by atoms with Gasteiger partial charge >= 0.3 is 0 Å². The highest BCUT2D eigenvalue weighted by Gasteiger charge is 2.23. The maximum absolute atomic E-state index is 14.2. The maximum Gasteiger partial charge on any atom is 0.257 e. The van der Waals surface area contributed by atoms with Gasteiger partial charge < -0.3 is 4.52 Å². The van der Waals surface area contributed by atoms with Gasteiger partial charge in [0.05, 0.1) is 4.90 Å². The molecule has 0 radical (unpaired) electrons. The lowest BCUT2D eigenvalue weighted by atomic mass is 10.1. The molecule has 6 nitrogen and oxygen atoms in total. The van der Waals surface area contributed by atoms with E-state index in [9.17, 15) is 12.8 Å². The summed E-state index contributed by atoms with van der Waals surface area (Å²) in [7, 11) is -3.69. The lowest BCUT2D eigenvalue weighted by Crippen LogP contribution is -2.40. The number of benzene rings is 2. The molecule has 0 amide bonds. The smallest absolute Gasteiger partial charge is 0.257 e. The SMILES string of the molecule is Cc1cccc(Cc2noc(-c3cccc(S(=O)(=O)NC(C)(C)C)c3)n2)c1F. The molecule has 0 unspecified atom stereocenters. The number of aryl methyl sites for hydroxylation is 1. The highest BCUT2D eigenvalue weighted by atomic mass is 32.2. The summed E-state index contributed by atoms with van der Waals surface area (Å²) >= 11 is 0. The minimum absolute atomic E-state index is 0.101. The van der Waals surface area contributed by atoms with Crippen molar-refractivity contribution in [1.82, 2.24) is 14.9 Å². The molecule has 3 aromatic rings. The number of nitrogens with zero attached hydrogens (tertiary/aromatic N) is 2. The molecule has 1 aromatic heterocycles. The Hall–Kier alpha value is -2.58. The van der Waals surface area contributed by atoms with Gasteiger partial charge in [0, 0.05) is 17.5 Å². The second kappa shape index (κ2) is 7.44. The van der Waals surface area contributed by atoms with E-state index in [2.05, 4.69) is 14.9 Å². The molecule has 0 aliphatic rings. The monoisotopic (exact) mass is 403 g/mol. The van der Waals surface area contributed by atoms with E-state index in [-0.39, 0.29) is 23.0 Å². The first-order valence-electron chi connectivity index (χ1n) is 8.76. The zero-order chi connectivity index (χ0) is 20.5. The van der Waals surface area contributed by atoms with Gasteiger partial charge in [0.15, 0.2) is 5.82 Å². The van der Waals surface area contributed by atoms with E-state index in [0.29, 0.717) is 22.5 Å². The quantitative estimate of drug-likeness (QED) is 0.699. The fraction of sp³-hybridized carbons (Fsp3) is 0.300. The summed E-state index contributed by atoms with van der Waals surface area (Å²) in [5, 5.41) is 3.89. The Balaban J connectivity index is 1.87. The molecule has 8 heteroatoms. The largest absolute Gasteiger partial charge is 0.334 e. The molecule has 0 aliphatic heterocycles. The Kier molecular flexibility index (Phi) is 5.36. The zero-order valence-electron chi connectivity index (χ0n) is 16.2. The maximum atomic E-state index is 14.2. The molecule has 3 rings (SSSR count). The minimum atomic E-state index is -3.69. The average Bonchev–Trinajstić information content (AvgIpc) is 3.06. The van der Waals surface area contributed by atoms with Crippen molar-refractivity contribution >= 4 is 10.0 Å². The van der Waals surface area contributed by atoms with Crippen molar-refractivity contribution in [2.24, 2.45) is 0 Å². The summed E-state index contributed by atoms with van der Waals surface area (Å²) in [6.45, 7) is 6.99. The number of nitrogens with one attached hydrogen (secondary N) is 1. The molecule has 0 aliphatic carbocycles. The van der Waals surface area contributed by atoms with Crippen LogP contribution in [-0.2, 0) is 16.4 Å². The van der Waals surface area contributed by atoms with Gasteiger partial charge in [-0.05, 0) is 57.0 Å². The Morgan fingerprint density at radius 2 is 1.86 bits per heavy atom. The van der Waals surface area contributed by atoms with E-state index in [4.69, 9.17) is 4.52 Å². The summed E-state index contributed by atoms with van der Waals surface area (Å²) in [5.41, 5.74) is 0.883. The van der Waals surface area contributed by atoms with Gasteiger partial charge in [-0.15, -0.1) is 0 Å². The van der Waals surface area contributed by atoms with Gasteiger partial charge in [0.1, 0.15) is 5.82 Å². The third-order valence-corrected chi connectivity index (χ3v) is 5.68. The first kappa shape index (κ1) is 20.2. The Morgan fingerprint density at radius 3 is 2.57 bits per heavy atom. The summed E-state index contributed by atoms with van der Waals surface area (Å²) in [6, 6.07) is 11.4. The standard InChI is InChI=1S/C20H22FN3O3S/c1-13-7-5-8-14(18(13)21)12-17-22-19(27-23-17)15-9-6-10-16(11-15)28(25,26)24-20(2,3)4/h5-11,24H,12H2,1-4H3. The molecule has 0 atom stereocenters. The van der Waals surface area contributed by atoms with Crippen LogP contribution in [0, 0.1) is 12.7 Å². The Labute approximate surface area is 163 Å². The number of hydrogen-bond donors (Lipinski definition) is 1. The van der Waals surface area contributed by atoms with Crippen molar-refractivity contribution in [3.05, 3.63) is 65.2 Å². The number of rotatable bonds is 5. The molecule has 0 fully saturated rings. The number of aromatic nitrogens is 2. The van der Waals surface area contributed by atoms with E-state index >= 15 is 0 Å². The molecule has 0 spiro atoms. The summed E-state index contributed by atoms with van der Waals surface area (Å²) < 4.78 is 47.1. The van der Waals surface area contributed by atoms with E-state index in [1.807, 2.05) is 0 Å². The minimum Gasteiger partial charge on any atom is -0.334 e. The Bertz CT molecular complexity index is 1100. The van der Waals surface area contributed by atoms with Crippen LogP contribution in [0.4, 0.5) is 4.39 Å². The summed E-state index contributed by atoms with van der Waals surface area (Å²) in [5.74, 6) is 0.201. The van der Waals surface area contributed by atoms with Crippen LogP contribution < -0.4 is 4.72 Å². The third-order valence-electron chi connectivity index (χ3n) is 3.92. The van der Waals surface area contributed by atoms with E-state index in [1.54, 1.807) is 58.0 Å². The van der Waals surface area contributed by atoms with Crippen LogP contribution in [0.1, 0.15) is 37.7 Å². The summed E-state index contributed by atoms with van der Waals surface area (Å²) in [6.07, 6.45) is 0.181. The fourth-order valence-corrected chi connectivity index (χ4v) is 4.18. The fourth-order valence-electron chi connectivity index (χ4n) is 2.72. The zero-order valence-corrected chi connectivity index (χ0v) is 17.0. The van der Waals surface area contributed by atoms with Gasteiger partial charge in [-0.3, -0.25) is 0 Å². The third kappa shape index (κ3) is 4.63. The normalized spacial score (nSPS) is 12.3. The van der Waals surface area contributed by atoms with Crippen molar-refractivity contribution < 1.29 is 17.3 Å². The molecule has 1 heterocycles. The molecule has 148 valence electrons. The number of hydrogen-bond acceptors (Lipinski definition) is 5. The Morgan fingerprint density at radius 1 is 1.14 bits per heavy atom. The van der Waals surface area contributed by atoms with Crippen LogP contribution in [0.15, 0.2) is 51.9 Å². The first-order valence-corrected chi connectivity index (χ1v) is 10.2. The lowest BCUT2D eigenvalue weighted by molar-refractivity contribution is 0.423. The van der Waals surface area contributed by atoms with E-state index in [0.717, 1.165) is 0 Å². The number of halogens is 1. The highest BCUT2D eigenvalue weighted by Crippen LogP contribution is 2.23. The van der Waals surface area contributed by atoms with Crippen LogP contribution in [0.25, 0.3) is 11.5 Å². The van der Waals surface area contributed by atoms with Gasteiger partial charge in [-0.1, -0.05) is 29.4 Å². The molecule has 0 bridgehead atoms. The van der Waals surface area contributed by atoms with E-state index in [1.165, 1.54) is 12.1 Å². The van der Waals surface area contributed by atoms with Crippen LogP contribution in [0.2, 0.25) is 0 Å². The first-order chi connectivity index (χ1) is 13.0. The molecular weight excluding hydrogens is 381 g/mol. The van der Waals surface area contributed by atoms with Gasteiger partial charge in [0.2, 0.25) is 10.0 Å². The van der Waals surface area contributed by atoms with Crippen LogP contribution in [0.3, 0.4) is 0 Å². The predicted molar refractivity (Wildman–Crippen MR) is 104 cm³/mol. The predicted octanol–water partition coefficient (Wildman–Crippen LogP) is 3.85.